The van der Waals surface area contributed by atoms with Crippen molar-refractivity contribution in [1.29, 1.82) is 0 Å². The molecule has 0 aromatic heterocycles. The minimum Gasteiger partial charge on any atom is -0.483 e. The van der Waals surface area contributed by atoms with Crippen molar-refractivity contribution in [3.63, 3.8) is 0 Å². The van der Waals surface area contributed by atoms with E-state index >= 15 is 0 Å². The van der Waals surface area contributed by atoms with Gasteiger partial charge < -0.3 is 10.1 Å². The summed E-state index contributed by atoms with van der Waals surface area (Å²) in [7, 11) is 0. The van der Waals surface area contributed by atoms with Crippen molar-refractivity contribution >= 4 is 11.7 Å². The van der Waals surface area contributed by atoms with Crippen molar-refractivity contribution in [3.8, 4) is 5.75 Å². The third-order valence-electron chi connectivity index (χ3n) is 4.33. The molecule has 2 rings (SSSR count). The zero-order valence-electron chi connectivity index (χ0n) is 13.6. The van der Waals surface area contributed by atoms with Gasteiger partial charge in [-0.25, -0.2) is 0 Å². The van der Waals surface area contributed by atoms with E-state index in [1.807, 2.05) is 13.0 Å². The Morgan fingerprint density at radius 1 is 1.27 bits per heavy atom. The monoisotopic (exact) mass is 303 g/mol. The van der Waals surface area contributed by atoms with E-state index in [4.69, 9.17) is 4.74 Å². The molecule has 0 radical (unpaired) electrons. The van der Waals surface area contributed by atoms with E-state index in [9.17, 15) is 9.59 Å². The van der Waals surface area contributed by atoms with Gasteiger partial charge in [0.2, 0.25) is 0 Å². The van der Waals surface area contributed by atoms with Crippen LogP contribution in [0.15, 0.2) is 18.2 Å². The maximum atomic E-state index is 12.1. The van der Waals surface area contributed by atoms with E-state index < -0.39 is 0 Å². The number of hydrogen-bond donors (Lipinski definition) is 1. The van der Waals surface area contributed by atoms with Gasteiger partial charge in [-0.2, -0.15) is 0 Å². The van der Waals surface area contributed by atoms with E-state index in [0.29, 0.717) is 17.2 Å². The Labute approximate surface area is 132 Å². The second kappa shape index (κ2) is 7.43. The lowest BCUT2D eigenvalue weighted by Crippen LogP contribution is -2.43. The fourth-order valence-corrected chi connectivity index (χ4v) is 2.96. The van der Waals surface area contributed by atoms with Gasteiger partial charge in [0, 0.05) is 6.04 Å². The van der Waals surface area contributed by atoms with Crippen LogP contribution in [0.5, 0.6) is 5.75 Å². The molecule has 4 heteroatoms. The quantitative estimate of drug-likeness (QED) is 0.849. The largest absolute Gasteiger partial charge is 0.483 e. The van der Waals surface area contributed by atoms with Crippen LogP contribution >= 0.6 is 0 Å². The lowest BCUT2D eigenvalue weighted by Gasteiger charge is -2.29. The zero-order chi connectivity index (χ0) is 16.1. The van der Waals surface area contributed by atoms with Crippen LogP contribution in [0.4, 0.5) is 0 Å². The fourth-order valence-electron chi connectivity index (χ4n) is 2.96. The molecule has 22 heavy (non-hydrogen) atoms. The summed E-state index contributed by atoms with van der Waals surface area (Å²) in [6.07, 6.45) is 4.62. The first kappa shape index (κ1) is 16.5. The van der Waals surface area contributed by atoms with Gasteiger partial charge in [0.1, 0.15) is 5.75 Å². The van der Waals surface area contributed by atoms with Crippen LogP contribution in [0.2, 0.25) is 0 Å². The molecule has 0 bridgehead atoms. The number of hydrogen-bond acceptors (Lipinski definition) is 3. The molecule has 1 aromatic rings. The van der Waals surface area contributed by atoms with Gasteiger partial charge in [0.25, 0.3) is 5.91 Å². The molecule has 2 atom stereocenters. The number of ketones is 1. The molecule has 1 N–H and O–H groups in total. The van der Waals surface area contributed by atoms with Crippen molar-refractivity contribution in [2.24, 2.45) is 5.92 Å². The summed E-state index contributed by atoms with van der Waals surface area (Å²) in [5.41, 5.74) is 1.52. The first-order valence-corrected chi connectivity index (χ1v) is 8.01. The highest BCUT2D eigenvalue weighted by Gasteiger charge is 2.23. The fraction of sp³-hybridized carbons (Fsp3) is 0.556. The van der Waals surface area contributed by atoms with Gasteiger partial charge in [-0.1, -0.05) is 25.8 Å². The topological polar surface area (TPSA) is 55.4 Å². The first-order valence-electron chi connectivity index (χ1n) is 8.01. The molecule has 1 fully saturated rings. The highest BCUT2D eigenvalue weighted by molar-refractivity contribution is 5.97. The average molecular weight is 303 g/mol. The molecule has 0 heterocycles. The van der Waals surface area contributed by atoms with Crippen LogP contribution in [0.1, 0.15) is 55.5 Å². The second-order valence-electron chi connectivity index (χ2n) is 6.28. The Morgan fingerprint density at radius 2 is 2.00 bits per heavy atom. The van der Waals surface area contributed by atoms with Crippen molar-refractivity contribution in [2.75, 3.05) is 6.61 Å². The summed E-state index contributed by atoms with van der Waals surface area (Å²) in [4.78, 5) is 23.7. The van der Waals surface area contributed by atoms with Crippen molar-refractivity contribution in [3.05, 3.63) is 29.3 Å². The maximum Gasteiger partial charge on any atom is 0.258 e. The summed E-state index contributed by atoms with van der Waals surface area (Å²) < 4.78 is 5.58. The van der Waals surface area contributed by atoms with E-state index in [2.05, 4.69) is 12.2 Å². The van der Waals surface area contributed by atoms with Gasteiger partial charge >= 0.3 is 0 Å². The number of carbonyl (C=O) groups excluding carboxylic acids is 2. The Kier molecular flexibility index (Phi) is 5.58. The predicted octanol–water partition coefficient (Wildman–Crippen LogP) is 3.27. The Balaban J connectivity index is 1.93. The lowest BCUT2D eigenvalue weighted by molar-refractivity contribution is -0.124. The van der Waals surface area contributed by atoms with E-state index in [1.165, 1.54) is 19.8 Å². The minimum absolute atomic E-state index is 0.0487. The molecule has 1 aliphatic rings. The van der Waals surface area contributed by atoms with Crippen LogP contribution in [0.25, 0.3) is 0 Å². The Morgan fingerprint density at radius 3 is 2.68 bits per heavy atom. The molecule has 1 aromatic carbocycles. The number of ether oxygens (including phenoxy) is 1. The number of benzene rings is 1. The average Bonchev–Trinajstić information content (AvgIpc) is 2.47. The molecule has 0 unspecified atom stereocenters. The first-order chi connectivity index (χ1) is 10.5. The molecular weight excluding hydrogens is 278 g/mol. The molecule has 4 nitrogen and oxygen atoms in total. The molecule has 1 aliphatic carbocycles. The van der Waals surface area contributed by atoms with E-state index in [1.54, 1.807) is 12.1 Å². The summed E-state index contributed by atoms with van der Waals surface area (Å²) in [6.45, 7) is 5.56. The molecule has 120 valence electrons. The summed E-state index contributed by atoms with van der Waals surface area (Å²) in [5.74, 6) is 0.829. The number of nitrogens with one attached hydrogen (secondary N) is 1. The number of Topliss-reactive ketones (excluding diaryl/α,β-unsaturated/α-hetero) is 1. The number of aryl methyl sites for hydroxylation is 1. The molecule has 0 spiro atoms. The van der Waals surface area contributed by atoms with Crippen LogP contribution in [0.3, 0.4) is 0 Å². The third kappa shape index (κ3) is 4.33. The van der Waals surface area contributed by atoms with Crippen LogP contribution in [-0.4, -0.2) is 24.3 Å². The summed E-state index contributed by atoms with van der Waals surface area (Å²) >= 11 is 0. The van der Waals surface area contributed by atoms with Crippen molar-refractivity contribution in [1.82, 2.24) is 5.32 Å². The van der Waals surface area contributed by atoms with Gasteiger partial charge in [0.15, 0.2) is 12.4 Å². The van der Waals surface area contributed by atoms with Crippen molar-refractivity contribution in [2.45, 2.75) is 52.5 Å². The number of amides is 1. The summed E-state index contributed by atoms with van der Waals surface area (Å²) in [6, 6.07) is 5.66. The minimum atomic E-state index is -0.116. The van der Waals surface area contributed by atoms with E-state index in [-0.39, 0.29) is 24.3 Å². The highest BCUT2D eigenvalue weighted by atomic mass is 16.5. The van der Waals surface area contributed by atoms with Crippen LogP contribution in [0, 0.1) is 12.8 Å². The molecular formula is C18H25NO3. The SMILES string of the molecule is CC(=O)c1ccc(C)cc1OCC(=O)N[C@@H]1CCCC[C@H]1C. The smallest absolute Gasteiger partial charge is 0.258 e. The predicted molar refractivity (Wildman–Crippen MR) is 86.2 cm³/mol. The molecule has 1 amide bonds. The number of rotatable bonds is 5. The van der Waals surface area contributed by atoms with Gasteiger partial charge in [-0.3, -0.25) is 9.59 Å². The van der Waals surface area contributed by atoms with Crippen molar-refractivity contribution < 1.29 is 14.3 Å². The highest BCUT2D eigenvalue weighted by Crippen LogP contribution is 2.24. The molecule has 1 saturated carbocycles. The number of carbonyl (C=O) groups is 2. The standard InChI is InChI=1S/C18H25NO3/c1-12-8-9-15(14(3)20)17(10-12)22-11-18(21)19-16-7-5-4-6-13(16)2/h8-10,13,16H,4-7,11H2,1-3H3,(H,19,21)/t13-,16-/m1/s1. The van der Waals surface area contributed by atoms with Crippen LogP contribution < -0.4 is 10.1 Å². The van der Waals surface area contributed by atoms with Gasteiger partial charge in [-0.05, 0) is 50.3 Å². The van der Waals surface area contributed by atoms with Gasteiger partial charge in [0.05, 0.1) is 5.56 Å². The third-order valence-corrected chi connectivity index (χ3v) is 4.33. The van der Waals surface area contributed by atoms with E-state index in [0.717, 1.165) is 18.4 Å². The Hall–Kier alpha value is -1.84. The maximum absolute atomic E-state index is 12.1. The Bertz CT molecular complexity index is 553. The van der Waals surface area contributed by atoms with Crippen LogP contribution in [-0.2, 0) is 4.79 Å². The lowest BCUT2D eigenvalue weighted by atomic mass is 9.86. The zero-order valence-corrected chi connectivity index (χ0v) is 13.6. The molecule has 0 aliphatic heterocycles. The normalized spacial score (nSPS) is 21.2. The summed E-state index contributed by atoms with van der Waals surface area (Å²) in [5, 5.41) is 3.05. The van der Waals surface area contributed by atoms with Gasteiger partial charge in [-0.15, -0.1) is 0 Å². The molecule has 0 saturated heterocycles. The second-order valence-corrected chi connectivity index (χ2v) is 6.28.